The van der Waals surface area contributed by atoms with Crippen LogP contribution in [0.3, 0.4) is 0 Å². The number of carbonyl (C=O) groups excluding carboxylic acids is 2. The summed E-state index contributed by atoms with van der Waals surface area (Å²) in [5.41, 5.74) is 2.23. The van der Waals surface area contributed by atoms with Crippen molar-refractivity contribution in [1.29, 1.82) is 0 Å². The third kappa shape index (κ3) is 4.85. The van der Waals surface area contributed by atoms with E-state index < -0.39 is 10.9 Å². The summed E-state index contributed by atoms with van der Waals surface area (Å²) in [7, 11) is 0. The van der Waals surface area contributed by atoms with E-state index in [4.69, 9.17) is 4.74 Å². The molecule has 1 aromatic heterocycles. The molecule has 3 rings (SSSR count). The molecule has 0 saturated heterocycles. The highest BCUT2D eigenvalue weighted by Gasteiger charge is 2.23. The van der Waals surface area contributed by atoms with Gasteiger partial charge in [0.25, 0.3) is 5.69 Å². The number of rotatable bonds is 7. The molecule has 0 radical (unpaired) electrons. The lowest BCUT2D eigenvalue weighted by atomic mass is 10.0. The Morgan fingerprint density at radius 2 is 1.79 bits per heavy atom. The second kappa shape index (κ2) is 9.11. The average molecular weight is 410 g/mol. The van der Waals surface area contributed by atoms with Crippen molar-refractivity contribution in [2.24, 2.45) is 0 Å². The molecule has 29 heavy (non-hydrogen) atoms. The Morgan fingerprint density at radius 1 is 1.10 bits per heavy atom. The maximum Gasteiger partial charge on any atom is 0.341 e. The fraction of sp³-hybridized carbons (Fsp3) is 0.143. The molecule has 0 spiro atoms. The zero-order chi connectivity index (χ0) is 20.8. The molecule has 0 saturated carbocycles. The topological polar surface area (TPSA) is 98.5 Å². The van der Waals surface area contributed by atoms with E-state index in [2.05, 4.69) is 5.32 Å². The van der Waals surface area contributed by atoms with Crippen molar-refractivity contribution < 1.29 is 19.2 Å². The first-order valence-electron chi connectivity index (χ1n) is 8.86. The third-order valence-electron chi connectivity index (χ3n) is 4.12. The van der Waals surface area contributed by atoms with Crippen LogP contribution in [0.1, 0.15) is 22.8 Å². The third-order valence-corrected chi connectivity index (χ3v) is 5.02. The Bertz CT molecular complexity index is 1030. The summed E-state index contributed by atoms with van der Waals surface area (Å²) < 4.78 is 5.16. The van der Waals surface area contributed by atoms with Crippen molar-refractivity contribution in [3.63, 3.8) is 0 Å². The molecule has 0 unspecified atom stereocenters. The summed E-state index contributed by atoms with van der Waals surface area (Å²) >= 11 is 1.21. The number of nitrogens with zero attached hydrogens (tertiary/aromatic N) is 1. The van der Waals surface area contributed by atoms with Gasteiger partial charge >= 0.3 is 5.97 Å². The first-order valence-corrected chi connectivity index (χ1v) is 9.74. The highest BCUT2D eigenvalue weighted by atomic mass is 32.1. The summed E-state index contributed by atoms with van der Waals surface area (Å²) in [6, 6.07) is 15.2. The predicted octanol–water partition coefficient (Wildman–Crippen LogP) is 4.68. The SMILES string of the molecule is CCOC(=O)c1c(-c2ccc([N+](=O)[O-])cc2)csc1NC(=O)Cc1ccccc1. The second-order valence-corrected chi connectivity index (χ2v) is 6.97. The number of esters is 1. The Balaban J connectivity index is 1.90. The van der Waals surface area contributed by atoms with Crippen LogP contribution in [0.4, 0.5) is 10.7 Å². The van der Waals surface area contributed by atoms with E-state index in [1.54, 1.807) is 24.4 Å². The van der Waals surface area contributed by atoms with Gasteiger partial charge in [0.2, 0.25) is 5.91 Å². The van der Waals surface area contributed by atoms with Crippen molar-refractivity contribution in [1.82, 2.24) is 0 Å². The molecule has 2 aromatic carbocycles. The van der Waals surface area contributed by atoms with Crippen molar-refractivity contribution in [3.8, 4) is 11.1 Å². The number of nitrogens with one attached hydrogen (secondary N) is 1. The summed E-state index contributed by atoms with van der Waals surface area (Å²) in [5, 5.41) is 15.8. The summed E-state index contributed by atoms with van der Waals surface area (Å²) in [6.07, 6.45) is 0.174. The van der Waals surface area contributed by atoms with Gasteiger partial charge in [-0.2, -0.15) is 0 Å². The lowest BCUT2D eigenvalue weighted by Gasteiger charge is -2.09. The number of non-ortho nitro benzene ring substituents is 1. The van der Waals surface area contributed by atoms with Crippen LogP contribution < -0.4 is 5.32 Å². The molecule has 1 N–H and O–H groups in total. The van der Waals surface area contributed by atoms with Crippen LogP contribution in [0.5, 0.6) is 0 Å². The number of nitro benzene ring substituents is 1. The first-order chi connectivity index (χ1) is 14.0. The Hall–Kier alpha value is -3.52. The number of amides is 1. The van der Waals surface area contributed by atoms with Crippen molar-refractivity contribution in [3.05, 3.63) is 81.2 Å². The Kier molecular flexibility index (Phi) is 6.36. The lowest BCUT2D eigenvalue weighted by molar-refractivity contribution is -0.384. The zero-order valence-corrected chi connectivity index (χ0v) is 16.4. The van der Waals surface area contributed by atoms with E-state index in [9.17, 15) is 19.7 Å². The van der Waals surface area contributed by atoms with Gasteiger partial charge in [-0.3, -0.25) is 14.9 Å². The number of carbonyl (C=O) groups is 2. The van der Waals surface area contributed by atoms with E-state index in [-0.39, 0.29) is 30.2 Å². The minimum absolute atomic E-state index is 0.0435. The quantitative estimate of drug-likeness (QED) is 0.346. The van der Waals surface area contributed by atoms with Gasteiger partial charge in [0.05, 0.1) is 18.0 Å². The standard InChI is InChI=1S/C21H18N2O5S/c1-2-28-21(25)19-17(15-8-10-16(11-9-15)23(26)27)13-29-20(19)22-18(24)12-14-6-4-3-5-7-14/h3-11,13H,2,12H2,1H3,(H,22,24). The van der Waals surface area contributed by atoms with Crippen molar-refractivity contribution >= 4 is 33.9 Å². The number of anilines is 1. The van der Waals surface area contributed by atoms with Gasteiger partial charge in [-0.15, -0.1) is 11.3 Å². The van der Waals surface area contributed by atoms with E-state index in [0.29, 0.717) is 16.1 Å². The van der Waals surface area contributed by atoms with Gasteiger partial charge in [-0.25, -0.2) is 4.79 Å². The van der Waals surface area contributed by atoms with Gasteiger partial charge in [-0.1, -0.05) is 30.3 Å². The van der Waals surface area contributed by atoms with Crippen LogP contribution in [-0.2, 0) is 16.0 Å². The maximum atomic E-state index is 12.6. The van der Waals surface area contributed by atoms with Crippen LogP contribution in [-0.4, -0.2) is 23.4 Å². The van der Waals surface area contributed by atoms with E-state index in [1.165, 1.54) is 23.5 Å². The monoisotopic (exact) mass is 410 g/mol. The minimum Gasteiger partial charge on any atom is -0.462 e. The molecule has 0 fully saturated rings. The fourth-order valence-corrected chi connectivity index (χ4v) is 3.76. The normalized spacial score (nSPS) is 10.4. The molecule has 1 amide bonds. The molecule has 0 bridgehead atoms. The number of ether oxygens (including phenoxy) is 1. The molecule has 1 heterocycles. The minimum atomic E-state index is -0.558. The van der Waals surface area contributed by atoms with Gasteiger partial charge in [0, 0.05) is 23.1 Å². The van der Waals surface area contributed by atoms with Gasteiger partial charge in [0.15, 0.2) is 0 Å². The smallest absolute Gasteiger partial charge is 0.341 e. The van der Waals surface area contributed by atoms with Gasteiger partial charge in [0.1, 0.15) is 10.6 Å². The molecule has 0 aliphatic heterocycles. The van der Waals surface area contributed by atoms with Crippen molar-refractivity contribution in [2.75, 3.05) is 11.9 Å². The van der Waals surface area contributed by atoms with E-state index in [1.807, 2.05) is 30.3 Å². The number of thiophene rings is 1. The summed E-state index contributed by atoms with van der Waals surface area (Å²) in [5.74, 6) is -0.809. The van der Waals surface area contributed by atoms with Crippen LogP contribution in [0, 0.1) is 10.1 Å². The van der Waals surface area contributed by atoms with Crippen LogP contribution >= 0.6 is 11.3 Å². The largest absolute Gasteiger partial charge is 0.462 e. The molecule has 0 atom stereocenters. The summed E-state index contributed by atoms with van der Waals surface area (Å²) in [4.78, 5) is 35.4. The molecular formula is C21H18N2O5S. The summed E-state index contributed by atoms with van der Waals surface area (Å²) in [6.45, 7) is 1.88. The number of hydrogen-bond donors (Lipinski definition) is 1. The Morgan fingerprint density at radius 3 is 2.41 bits per heavy atom. The molecule has 0 aliphatic rings. The molecule has 3 aromatic rings. The zero-order valence-electron chi connectivity index (χ0n) is 15.6. The van der Waals surface area contributed by atoms with Crippen molar-refractivity contribution in [2.45, 2.75) is 13.3 Å². The molecule has 148 valence electrons. The highest BCUT2D eigenvalue weighted by molar-refractivity contribution is 7.15. The maximum absolute atomic E-state index is 12.6. The second-order valence-electron chi connectivity index (χ2n) is 6.09. The van der Waals surface area contributed by atoms with E-state index >= 15 is 0 Å². The molecule has 7 nitrogen and oxygen atoms in total. The fourth-order valence-electron chi connectivity index (χ4n) is 2.78. The molecule has 0 aliphatic carbocycles. The van der Waals surface area contributed by atoms with Crippen LogP contribution in [0.15, 0.2) is 60.0 Å². The first kappa shape index (κ1) is 20.2. The lowest BCUT2D eigenvalue weighted by Crippen LogP contribution is -2.16. The predicted molar refractivity (Wildman–Crippen MR) is 111 cm³/mol. The van der Waals surface area contributed by atoms with Gasteiger partial charge in [-0.05, 0) is 30.2 Å². The van der Waals surface area contributed by atoms with Crippen LogP contribution in [0.2, 0.25) is 0 Å². The number of nitro groups is 1. The Labute approximate surface area is 171 Å². The molecular weight excluding hydrogens is 392 g/mol. The average Bonchev–Trinajstić information content (AvgIpc) is 3.12. The van der Waals surface area contributed by atoms with E-state index in [0.717, 1.165) is 5.56 Å². The van der Waals surface area contributed by atoms with Gasteiger partial charge < -0.3 is 10.1 Å². The number of benzene rings is 2. The molecule has 8 heteroatoms. The number of hydrogen-bond acceptors (Lipinski definition) is 6. The van der Waals surface area contributed by atoms with Crippen LogP contribution in [0.25, 0.3) is 11.1 Å². The highest BCUT2D eigenvalue weighted by Crippen LogP contribution is 2.37.